The van der Waals surface area contributed by atoms with E-state index in [1.165, 1.54) is 0 Å². The molecule has 0 aliphatic carbocycles. The van der Waals surface area contributed by atoms with Crippen molar-refractivity contribution in [2.24, 2.45) is 0 Å². The molecular weight excluding hydrogens is 246 g/mol. The van der Waals surface area contributed by atoms with E-state index in [1.54, 1.807) is 25.1 Å². The van der Waals surface area contributed by atoms with Crippen molar-refractivity contribution in [1.82, 2.24) is 5.32 Å². The second-order valence-electron chi connectivity index (χ2n) is 4.17. The molecule has 0 amide bonds. The largest absolute Gasteiger partial charge is 0.464 e. The van der Waals surface area contributed by atoms with Crippen molar-refractivity contribution in [2.75, 3.05) is 13.2 Å². The number of benzene rings is 1. The minimum Gasteiger partial charge on any atom is -0.464 e. The van der Waals surface area contributed by atoms with Crippen LogP contribution < -0.4 is 5.32 Å². The molecule has 19 heavy (non-hydrogen) atoms. The number of carbonyl (C=O) groups excluding carboxylic acids is 1. The molecule has 2 unspecified atom stereocenters. The normalized spacial score (nSPS) is 13.9. The van der Waals surface area contributed by atoms with Crippen molar-refractivity contribution in [3.63, 3.8) is 0 Å². The van der Waals surface area contributed by atoms with Gasteiger partial charge in [0, 0.05) is 6.54 Å². The predicted octanol–water partition coefficient (Wildman–Crippen LogP) is 0.753. The van der Waals surface area contributed by atoms with Crippen LogP contribution in [0.4, 0.5) is 0 Å². The summed E-state index contributed by atoms with van der Waals surface area (Å²) in [5.41, 5.74) is 1.48. The number of aliphatic hydroxyl groups is 2. The van der Waals surface area contributed by atoms with E-state index in [1.807, 2.05) is 13.0 Å². The molecule has 0 bridgehead atoms. The molecule has 0 spiro atoms. The standard InChI is InChI=1S/C14H21NO4/c1-3-15-9-10-6-5-7-11(8-10)12(16)13(17)14(18)19-4-2/h5-8,12-13,15-17H,3-4,9H2,1-2H3. The van der Waals surface area contributed by atoms with Gasteiger partial charge in [0.25, 0.3) is 0 Å². The van der Waals surface area contributed by atoms with Crippen LogP contribution in [-0.2, 0) is 16.1 Å². The van der Waals surface area contributed by atoms with Crippen molar-refractivity contribution >= 4 is 5.97 Å². The summed E-state index contributed by atoms with van der Waals surface area (Å²) in [7, 11) is 0. The monoisotopic (exact) mass is 267 g/mol. The molecule has 3 N–H and O–H groups in total. The lowest BCUT2D eigenvalue weighted by Crippen LogP contribution is -2.30. The average Bonchev–Trinajstić information content (AvgIpc) is 2.44. The van der Waals surface area contributed by atoms with Crippen LogP contribution in [0, 0.1) is 0 Å². The van der Waals surface area contributed by atoms with Gasteiger partial charge < -0.3 is 20.3 Å². The fourth-order valence-corrected chi connectivity index (χ4v) is 1.70. The quantitative estimate of drug-likeness (QED) is 0.635. The molecule has 0 saturated carbocycles. The van der Waals surface area contributed by atoms with Gasteiger partial charge >= 0.3 is 5.97 Å². The summed E-state index contributed by atoms with van der Waals surface area (Å²) in [4.78, 5) is 11.4. The first kappa shape index (κ1) is 15.6. The van der Waals surface area contributed by atoms with E-state index in [0.29, 0.717) is 12.1 Å². The van der Waals surface area contributed by atoms with E-state index in [-0.39, 0.29) is 6.61 Å². The van der Waals surface area contributed by atoms with Crippen LogP contribution in [0.3, 0.4) is 0 Å². The Balaban J connectivity index is 2.75. The van der Waals surface area contributed by atoms with Gasteiger partial charge in [0.15, 0.2) is 6.10 Å². The molecule has 0 aliphatic heterocycles. The first-order valence-electron chi connectivity index (χ1n) is 6.42. The Labute approximate surface area is 113 Å². The molecule has 0 aromatic heterocycles. The Morgan fingerprint density at radius 2 is 2.11 bits per heavy atom. The van der Waals surface area contributed by atoms with Gasteiger partial charge in [-0.2, -0.15) is 0 Å². The van der Waals surface area contributed by atoms with E-state index in [4.69, 9.17) is 0 Å². The zero-order valence-electron chi connectivity index (χ0n) is 11.3. The molecule has 0 radical (unpaired) electrons. The van der Waals surface area contributed by atoms with Gasteiger partial charge in [-0.3, -0.25) is 0 Å². The van der Waals surface area contributed by atoms with Crippen molar-refractivity contribution in [2.45, 2.75) is 32.6 Å². The van der Waals surface area contributed by atoms with Crippen LogP contribution in [0.1, 0.15) is 31.1 Å². The molecule has 1 rings (SSSR count). The summed E-state index contributed by atoms with van der Waals surface area (Å²) in [5, 5.41) is 22.8. The minimum atomic E-state index is -1.56. The Hall–Kier alpha value is -1.43. The highest BCUT2D eigenvalue weighted by atomic mass is 16.5. The Kier molecular flexibility index (Phi) is 6.49. The first-order chi connectivity index (χ1) is 9.10. The summed E-state index contributed by atoms with van der Waals surface area (Å²) in [5.74, 6) is -0.813. The van der Waals surface area contributed by atoms with Gasteiger partial charge in [0.05, 0.1) is 6.61 Å². The van der Waals surface area contributed by atoms with Gasteiger partial charge in [0.2, 0.25) is 0 Å². The highest BCUT2D eigenvalue weighted by molar-refractivity contribution is 5.75. The van der Waals surface area contributed by atoms with Crippen LogP contribution >= 0.6 is 0 Å². The number of esters is 1. The molecule has 1 aromatic rings. The maximum atomic E-state index is 11.4. The number of nitrogens with one attached hydrogen (secondary N) is 1. The lowest BCUT2D eigenvalue weighted by Gasteiger charge is -2.17. The van der Waals surface area contributed by atoms with Gasteiger partial charge in [-0.15, -0.1) is 0 Å². The number of hydrogen-bond acceptors (Lipinski definition) is 5. The number of ether oxygens (including phenoxy) is 1. The Morgan fingerprint density at radius 3 is 2.74 bits per heavy atom. The van der Waals surface area contributed by atoms with Gasteiger partial charge in [-0.25, -0.2) is 4.79 Å². The zero-order chi connectivity index (χ0) is 14.3. The number of hydrogen-bond donors (Lipinski definition) is 3. The van der Waals surface area contributed by atoms with Crippen LogP contribution in [0.2, 0.25) is 0 Å². The minimum absolute atomic E-state index is 0.170. The van der Waals surface area contributed by atoms with E-state index >= 15 is 0 Å². The second-order valence-corrected chi connectivity index (χ2v) is 4.17. The van der Waals surface area contributed by atoms with Crippen LogP contribution in [-0.4, -0.2) is 35.4 Å². The number of rotatable bonds is 7. The molecular formula is C14H21NO4. The van der Waals surface area contributed by atoms with Gasteiger partial charge in [-0.05, 0) is 24.6 Å². The topological polar surface area (TPSA) is 78.8 Å². The zero-order valence-corrected chi connectivity index (χ0v) is 11.3. The molecule has 5 nitrogen and oxygen atoms in total. The van der Waals surface area contributed by atoms with Crippen LogP contribution in [0.15, 0.2) is 24.3 Å². The summed E-state index contributed by atoms with van der Waals surface area (Å²) in [6, 6.07) is 7.12. The molecule has 0 heterocycles. The Bertz CT molecular complexity index is 408. The molecule has 0 saturated heterocycles. The van der Waals surface area contributed by atoms with Gasteiger partial charge in [0.1, 0.15) is 6.10 Å². The third-order valence-corrected chi connectivity index (χ3v) is 2.70. The van der Waals surface area contributed by atoms with Crippen LogP contribution in [0.5, 0.6) is 0 Å². The highest BCUT2D eigenvalue weighted by Gasteiger charge is 2.26. The number of aliphatic hydroxyl groups excluding tert-OH is 2. The van der Waals surface area contributed by atoms with Crippen molar-refractivity contribution in [3.8, 4) is 0 Å². The third-order valence-electron chi connectivity index (χ3n) is 2.70. The summed E-state index contributed by atoms with van der Waals surface area (Å²) in [6.07, 6.45) is -2.84. The number of carbonyl (C=O) groups is 1. The molecule has 1 aromatic carbocycles. The third kappa shape index (κ3) is 4.63. The summed E-state index contributed by atoms with van der Waals surface area (Å²) < 4.78 is 4.68. The predicted molar refractivity (Wildman–Crippen MR) is 71.4 cm³/mol. The summed E-state index contributed by atoms with van der Waals surface area (Å²) in [6.45, 7) is 5.34. The average molecular weight is 267 g/mol. The van der Waals surface area contributed by atoms with Crippen molar-refractivity contribution in [1.29, 1.82) is 0 Å². The van der Waals surface area contributed by atoms with E-state index in [2.05, 4.69) is 10.1 Å². The van der Waals surface area contributed by atoms with Crippen molar-refractivity contribution < 1.29 is 19.7 Å². The maximum Gasteiger partial charge on any atom is 0.338 e. The first-order valence-corrected chi connectivity index (χ1v) is 6.42. The van der Waals surface area contributed by atoms with Gasteiger partial charge in [-0.1, -0.05) is 31.2 Å². The second kappa shape index (κ2) is 7.89. The SMILES string of the molecule is CCNCc1cccc(C(O)C(O)C(=O)OCC)c1. The molecule has 0 fully saturated rings. The van der Waals surface area contributed by atoms with Crippen molar-refractivity contribution in [3.05, 3.63) is 35.4 Å². The lowest BCUT2D eigenvalue weighted by molar-refractivity contribution is -0.159. The Morgan fingerprint density at radius 1 is 1.37 bits per heavy atom. The smallest absolute Gasteiger partial charge is 0.338 e. The fourth-order valence-electron chi connectivity index (χ4n) is 1.70. The van der Waals surface area contributed by atoms with E-state index < -0.39 is 18.2 Å². The lowest BCUT2D eigenvalue weighted by atomic mass is 10.0. The summed E-state index contributed by atoms with van der Waals surface area (Å²) >= 11 is 0. The van der Waals surface area contributed by atoms with E-state index in [9.17, 15) is 15.0 Å². The maximum absolute atomic E-state index is 11.4. The van der Waals surface area contributed by atoms with Crippen LogP contribution in [0.25, 0.3) is 0 Å². The molecule has 0 aliphatic rings. The molecule has 2 atom stereocenters. The van der Waals surface area contributed by atoms with E-state index in [0.717, 1.165) is 12.1 Å². The molecule has 106 valence electrons. The highest BCUT2D eigenvalue weighted by Crippen LogP contribution is 2.19. The molecule has 5 heteroatoms. The fraction of sp³-hybridized carbons (Fsp3) is 0.500.